The van der Waals surface area contributed by atoms with Gasteiger partial charge in [0.05, 0.1) is 5.69 Å². The maximum absolute atomic E-state index is 13.6. The summed E-state index contributed by atoms with van der Waals surface area (Å²) < 4.78 is 28.9. The van der Waals surface area contributed by atoms with Crippen molar-refractivity contribution in [3.05, 3.63) is 23.8 Å². The number of hydrogen-bond acceptors (Lipinski definition) is 5. The molecule has 0 aromatic heterocycles. The molecule has 0 unspecified atom stereocenters. The highest BCUT2D eigenvalue weighted by Gasteiger charge is 2.31. The molecule has 3 saturated heterocycles. The van der Waals surface area contributed by atoms with E-state index in [2.05, 4.69) is 22.0 Å². The molecule has 1 amide bonds. The number of likely N-dealkylation sites (tertiary alicyclic amines) is 1. The van der Waals surface area contributed by atoms with Crippen LogP contribution in [0.2, 0.25) is 0 Å². The van der Waals surface area contributed by atoms with Gasteiger partial charge in [-0.25, -0.2) is 8.42 Å². The fraction of sp³-hybridized carbons (Fsp3) is 0.708. The summed E-state index contributed by atoms with van der Waals surface area (Å²) in [5.74, 6) is -0.187. The number of likely N-dealkylation sites (N-methyl/N-ethyl adjacent to an activating group) is 1. The number of anilines is 1. The van der Waals surface area contributed by atoms with Crippen LogP contribution in [0.3, 0.4) is 0 Å². The summed E-state index contributed by atoms with van der Waals surface area (Å²) >= 11 is 0. The van der Waals surface area contributed by atoms with Crippen LogP contribution in [0.15, 0.2) is 23.1 Å². The molecule has 0 spiro atoms. The minimum atomic E-state index is -3.64. The van der Waals surface area contributed by atoms with Gasteiger partial charge >= 0.3 is 0 Å². The average molecular weight is 463 g/mol. The molecule has 0 bridgehead atoms. The summed E-state index contributed by atoms with van der Waals surface area (Å²) in [4.78, 5) is 17.9. The lowest BCUT2D eigenvalue weighted by Crippen LogP contribution is -2.40. The van der Waals surface area contributed by atoms with Gasteiger partial charge in [-0.05, 0) is 76.2 Å². The summed E-state index contributed by atoms with van der Waals surface area (Å²) in [6, 6.07) is 5.63. The second-order valence-electron chi connectivity index (χ2n) is 9.33. The quantitative estimate of drug-likeness (QED) is 0.674. The standard InChI is InChI=1S/C24H38N4O3S/c1-2-26-15-9-10-21(26)19-25-24(29)20-11-12-22(27-13-5-3-6-14-27)23(18-20)32(30,31)28-16-7-4-8-17-28/h11-12,18,21H,2-10,13-17,19H2,1H3,(H,25,29)/t21-/m1/s1. The molecule has 7 nitrogen and oxygen atoms in total. The molecule has 1 aromatic rings. The Bertz CT molecular complexity index is 893. The normalized spacial score (nSPS) is 23.4. The third kappa shape index (κ3) is 5.13. The van der Waals surface area contributed by atoms with Crippen molar-refractivity contribution in [1.82, 2.24) is 14.5 Å². The maximum Gasteiger partial charge on any atom is 0.251 e. The first-order valence-corrected chi connectivity index (χ1v) is 13.9. The number of piperidine rings is 2. The first-order valence-electron chi connectivity index (χ1n) is 12.4. The molecule has 8 heteroatoms. The highest BCUT2D eigenvalue weighted by Crippen LogP contribution is 2.32. The van der Waals surface area contributed by atoms with Gasteiger partial charge in [0.25, 0.3) is 5.91 Å². The number of amides is 1. The van der Waals surface area contributed by atoms with Crippen LogP contribution >= 0.6 is 0 Å². The fourth-order valence-corrected chi connectivity index (χ4v) is 7.11. The largest absolute Gasteiger partial charge is 0.370 e. The Morgan fingerprint density at radius 2 is 1.66 bits per heavy atom. The van der Waals surface area contributed by atoms with Crippen molar-refractivity contribution in [1.29, 1.82) is 0 Å². The number of benzene rings is 1. The molecule has 1 N–H and O–H groups in total. The van der Waals surface area contributed by atoms with Gasteiger partial charge in [0, 0.05) is 44.3 Å². The van der Waals surface area contributed by atoms with Crippen LogP contribution in [-0.2, 0) is 10.0 Å². The van der Waals surface area contributed by atoms with E-state index >= 15 is 0 Å². The van der Waals surface area contributed by atoms with E-state index in [-0.39, 0.29) is 5.91 Å². The number of sulfonamides is 1. The molecular formula is C24H38N4O3S. The molecule has 3 aliphatic rings. The van der Waals surface area contributed by atoms with E-state index < -0.39 is 10.0 Å². The van der Waals surface area contributed by atoms with Gasteiger partial charge < -0.3 is 10.2 Å². The molecule has 3 fully saturated rings. The third-order valence-corrected chi connectivity index (χ3v) is 9.18. The fourth-order valence-electron chi connectivity index (χ4n) is 5.36. The van der Waals surface area contributed by atoms with Crippen LogP contribution in [0.4, 0.5) is 5.69 Å². The van der Waals surface area contributed by atoms with Crippen molar-refractivity contribution in [2.24, 2.45) is 0 Å². The molecule has 178 valence electrons. The number of nitrogens with one attached hydrogen (secondary N) is 1. The molecule has 1 aromatic carbocycles. The van der Waals surface area contributed by atoms with Crippen molar-refractivity contribution >= 4 is 21.6 Å². The molecule has 1 atom stereocenters. The lowest BCUT2D eigenvalue weighted by molar-refractivity contribution is 0.0941. The summed E-state index contributed by atoms with van der Waals surface area (Å²) in [5.41, 5.74) is 1.18. The first-order chi connectivity index (χ1) is 15.5. The van der Waals surface area contributed by atoms with Crippen molar-refractivity contribution in [2.75, 3.05) is 50.7 Å². The lowest BCUT2D eigenvalue weighted by Gasteiger charge is -2.33. The summed E-state index contributed by atoms with van der Waals surface area (Å²) in [6.07, 6.45) is 8.45. The number of nitrogens with zero attached hydrogens (tertiary/aromatic N) is 3. The van der Waals surface area contributed by atoms with Crippen molar-refractivity contribution in [3.63, 3.8) is 0 Å². The van der Waals surface area contributed by atoms with Crippen LogP contribution < -0.4 is 10.2 Å². The Hall–Kier alpha value is -1.64. The SMILES string of the molecule is CCN1CCC[C@@H]1CNC(=O)c1ccc(N2CCCCC2)c(S(=O)(=O)N2CCCCC2)c1. The average Bonchev–Trinajstić information content (AvgIpc) is 3.31. The summed E-state index contributed by atoms with van der Waals surface area (Å²) in [6.45, 7) is 7.68. The van der Waals surface area contributed by atoms with Crippen LogP contribution in [-0.4, -0.2) is 75.4 Å². The van der Waals surface area contributed by atoms with E-state index in [0.29, 0.717) is 36.1 Å². The summed E-state index contributed by atoms with van der Waals surface area (Å²) in [5, 5.41) is 3.06. The van der Waals surface area contributed by atoms with E-state index in [1.54, 1.807) is 16.4 Å². The number of carbonyl (C=O) groups is 1. The second kappa shape index (κ2) is 10.5. The van der Waals surface area contributed by atoms with Crippen molar-refractivity contribution in [3.8, 4) is 0 Å². The maximum atomic E-state index is 13.6. The van der Waals surface area contributed by atoms with E-state index in [1.165, 1.54) is 6.42 Å². The molecule has 3 aliphatic heterocycles. The molecule has 0 saturated carbocycles. The lowest BCUT2D eigenvalue weighted by atomic mass is 10.1. The zero-order valence-electron chi connectivity index (χ0n) is 19.4. The van der Waals surface area contributed by atoms with Gasteiger partial charge in [0.15, 0.2) is 0 Å². The predicted octanol–water partition coefficient (Wildman–Crippen LogP) is 3.07. The molecule has 0 radical (unpaired) electrons. The van der Waals surface area contributed by atoms with Crippen LogP contribution in [0.1, 0.15) is 68.6 Å². The number of carbonyl (C=O) groups excluding carboxylic acids is 1. The van der Waals surface area contributed by atoms with Gasteiger partial charge in [0.1, 0.15) is 4.90 Å². The van der Waals surface area contributed by atoms with Crippen LogP contribution in [0.25, 0.3) is 0 Å². The zero-order valence-corrected chi connectivity index (χ0v) is 20.2. The Morgan fingerprint density at radius 3 is 2.34 bits per heavy atom. The minimum Gasteiger partial charge on any atom is -0.370 e. The molecule has 3 heterocycles. The van der Waals surface area contributed by atoms with Crippen LogP contribution in [0, 0.1) is 0 Å². The predicted molar refractivity (Wildman–Crippen MR) is 128 cm³/mol. The third-order valence-electron chi connectivity index (χ3n) is 7.26. The van der Waals surface area contributed by atoms with E-state index in [9.17, 15) is 13.2 Å². The van der Waals surface area contributed by atoms with E-state index in [1.807, 2.05) is 6.07 Å². The van der Waals surface area contributed by atoms with Crippen LogP contribution in [0.5, 0.6) is 0 Å². The molecular weight excluding hydrogens is 424 g/mol. The highest BCUT2D eigenvalue weighted by molar-refractivity contribution is 7.89. The van der Waals surface area contributed by atoms with Gasteiger partial charge in [-0.15, -0.1) is 0 Å². The van der Waals surface area contributed by atoms with Gasteiger partial charge in [-0.1, -0.05) is 13.3 Å². The first kappa shape index (κ1) is 23.5. The minimum absolute atomic E-state index is 0.187. The Kier molecular flexibility index (Phi) is 7.74. The highest BCUT2D eigenvalue weighted by atomic mass is 32.2. The Labute approximate surface area is 193 Å². The Balaban J connectivity index is 1.58. The van der Waals surface area contributed by atoms with Gasteiger partial charge in [-0.2, -0.15) is 4.31 Å². The van der Waals surface area contributed by atoms with Crippen molar-refractivity contribution < 1.29 is 13.2 Å². The van der Waals surface area contributed by atoms with Crippen molar-refractivity contribution in [2.45, 2.75) is 69.2 Å². The molecule has 32 heavy (non-hydrogen) atoms. The Morgan fingerprint density at radius 1 is 0.969 bits per heavy atom. The summed E-state index contributed by atoms with van der Waals surface area (Å²) in [7, 11) is -3.64. The number of hydrogen-bond donors (Lipinski definition) is 1. The second-order valence-corrected chi connectivity index (χ2v) is 11.2. The number of rotatable bonds is 7. The van der Waals surface area contributed by atoms with Gasteiger partial charge in [-0.3, -0.25) is 9.69 Å². The van der Waals surface area contributed by atoms with E-state index in [4.69, 9.17) is 0 Å². The molecule has 0 aliphatic carbocycles. The van der Waals surface area contributed by atoms with E-state index in [0.717, 1.165) is 76.8 Å². The monoisotopic (exact) mass is 462 g/mol. The smallest absolute Gasteiger partial charge is 0.251 e. The van der Waals surface area contributed by atoms with Gasteiger partial charge in [0.2, 0.25) is 10.0 Å². The zero-order chi connectivity index (χ0) is 22.6. The topological polar surface area (TPSA) is 73.0 Å². The molecule has 4 rings (SSSR count).